The molecule has 24 heavy (non-hydrogen) atoms. The van der Waals surface area contributed by atoms with Gasteiger partial charge in [0.2, 0.25) is 5.91 Å². The second-order valence-electron chi connectivity index (χ2n) is 5.51. The van der Waals surface area contributed by atoms with E-state index >= 15 is 0 Å². The SMILES string of the molecule is NC(=O)C(NC(=O)C1Cc2ccccc2C(=O)O1)c1ccccc1. The number of fused-ring (bicyclic) bond motifs is 1. The number of rotatable bonds is 4. The van der Waals surface area contributed by atoms with Crippen molar-refractivity contribution in [3.05, 3.63) is 71.3 Å². The summed E-state index contributed by atoms with van der Waals surface area (Å²) in [6.45, 7) is 0. The van der Waals surface area contributed by atoms with Crippen LogP contribution in [0.5, 0.6) is 0 Å². The molecule has 2 aromatic rings. The first-order valence-electron chi connectivity index (χ1n) is 7.50. The van der Waals surface area contributed by atoms with Crippen LogP contribution in [0.1, 0.15) is 27.5 Å². The van der Waals surface area contributed by atoms with E-state index in [0.717, 1.165) is 5.56 Å². The minimum atomic E-state index is -0.988. The lowest BCUT2D eigenvalue weighted by atomic mass is 9.98. The Balaban J connectivity index is 1.77. The molecule has 0 saturated carbocycles. The molecule has 0 saturated heterocycles. The molecular weight excluding hydrogens is 308 g/mol. The van der Waals surface area contributed by atoms with Gasteiger partial charge in [0.25, 0.3) is 5.91 Å². The van der Waals surface area contributed by atoms with Crippen LogP contribution < -0.4 is 11.1 Å². The number of nitrogens with one attached hydrogen (secondary N) is 1. The van der Waals surface area contributed by atoms with E-state index in [1.807, 2.05) is 0 Å². The number of ether oxygens (including phenoxy) is 1. The van der Waals surface area contributed by atoms with Gasteiger partial charge in [-0.25, -0.2) is 4.79 Å². The van der Waals surface area contributed by atoms with Crippen LogP contribution >= 0.6 is 0 Å². The van der Waals surface area contributed by atoms with Crippen LogP contribution in [0.25, 0.3) is 0 Å². The van der Waals surface area contributed by atoms with Crippen molar-refractivity contribution in [1.29, 1.82) is 0 Å². The van der Waals surface area contributed by atoms with Crippen molar-refractivity contribution in [1.82, 2.24) is 5.32 Å². The highest BCUT2D eigenvalue weighted by atomic mass is 16.5. The maximum atomic E-state index is 12.4. The number of primary amides is 1. The number of carbonyl (C=O) groups excluding carboxylic acids is 3. The summed E-state index contributed by atoms with van der Waals surface area (Å²) in [5, 5.41) is 2.56. The first-order valence-corrected chi connectivity index (χ1v) is 7.50. The van der Waals surface area contributed by atoms with E-state index in [4.69, 9.17) is 10.5 Å². The Hall–Kier alpha value is -3.15. The topological polar surface area (TPSA) is 98.5 Å². The van der Waals surface area contributed by atoms with Crippen molar-refractivity contribution in [2.24, 2.45) is 5.73 Å². The fourth-order valence-electron chi connectivity index (χ4n) is 2.68. The molecule has 0 aliphatic carbocycles. The predicted molar refractivity (Wildman–Crippen MR) is 85.9 cm³/mol. The normalized spacial score (nSPS) is 17.3. The monoisotopic (exact) mass is 324 g/mol. The molecule has 0 aromatic heterocycles. The Labute approximate surface area is 138 Å². The molecule has 6 heteroatoms. The maximum absolute atomic E-state index is 12.4. The molecule has 2 amide bonds. The highest BCUT2D eigenvalue weighted by Crippen LogP contribution is 2.21. The van der Waals surface area contributed by atoms with Crippen molar-refractivity contribution >= 4 is 17.8 Å². The fraction of sp³-hybridized carbons (Fsp3) is 0.167. The summed E-state index contributed by atoms with van der Waals surface area (Å²) in [5.41, 5.74) is 7.15. The first kappa shape index (κ1) is 15.7. The van der Waals surface area contributed by atoms with Crippen molar-refractivity contribution in [2.75, 3.05) is 0 Å². The summed E-state index contributed by atoms with van der Waals surface area (Å²) < 4.78 is 5.19. The molecule has 6 nitrogen and oxygen atoms in total. The molecular formula is C18H16N2O4. The summed E-state index contributed by atoms with van der Waals surface area (Å²) in [6.07, 6.45) is -0.730. The van der Waals surface area contributed by atoms with Gasteiger partial charge in [0.1, 0.15) is 6.04 Å². The molecule has 2 unspecified atom stereocenters. The molecule has 0 spiro atoms. The molecule has 122 valence electrons. The predicted octanol–water partition coefficient (Wildman–Crippen LogP) is 1.11. The number of esters is 1. The zero-order valence-electron chi connectivity index (χ0n) is 12.8. The number of carbonyl (C=O) groups is 3. The zero-order valence-corrected chi connectivity index (χ0v) is 12.8. The number of hydrogen-bond acceptors (Lipinski definition) is 4. The van der Waals surface area contributed by atoms with E-state index in [9.17, 15) is 14.4 Å². The van der Waals surface area contributed by atoms with Crippen molar-refractivity contribution in [2.45, 2.75) is 18.6 Å². The van der Waals surface area contributed by atoms with Crippen LogP contribution in [0.4, 0.5) is 0 Å². The standard InChI is InChI=1S/C18H16N2O4/c19-16(21)15(11-6-2-1-3-7-11)20-17(22)14-10-12-8-4-5-9-13(12)18(23)24-14/h1-9,14-15H,10H2,(H2,19,21)(H,20,22). The van der Waals surface area contributed by atoms with Gasteiger partial charge in [-0.05, 0) is 17.2 Å². The van der Waals surface area contributed by atoms with Gasteiger partial charge in [0.05, 0.1) is 5.56 Å². The number of cyclic esters (lactones) is 1. The van der Waals surface area contributed by atoms with E-state index in [2.05, 4.69) is 5.32 Å². The van der Waals surface area contributed by atoms with Crippen molar-refractivity contribution in [3.63, 3.8) is 0 Å². The lowest BCUT2D eigenvalue weighted by molar-refractivity contribution is -0.134. The molecule has 3 N–H and O–H groups in total. The van der Waals surface area contributed by atoms with Crippen molar-refractivity contribution < 1.29 is 19.1 Å². The molecule has 0 bridgehead atoms. The average Bonchev–Trinajstić information content (AvgIpc) is 2.60. The second kappa shape index (κ2) is 6.54. The summed E-state index contributed by atoms with van der Waals surface area (Å²) in [6, 6.07) is 14.7. The summed E-state index contributed by atoms with van der Waals surface area (Å²) >= 11 is 0. The number of nitrogens with two attached hydrogens (primary N) is 1. The Morgan fingerprint density at radius 2 is 1.75 bits per heavy atom. The van der Waals surface area contributed by atoms with Crippen LogP contribution in [0, 0.1) is 0 Å². The zero-order chi connectivity index (χ0) is 17.1. The molecule has 0 fully saturated rings. The summed E-state index contributed by atoms with van der Waals surface area (Å²) in [4.78, 5) is 36.1. The van der Waals surface area contributed by atoms with Crippen LogP contribution in [0.2, 0.25) is 0 Å². The van der Waals surface area contributed by atoms with E-state index in [-0.39, 0.29) is 6.42 Å². The Morgan fingerprint density at radius 3 is 2.46 bits per heavy atom. The number of hydrogen-bond donors (Lipinski definition) is 2. The van der Waals surface area contributed by atoms with Crippen LogP contribution in [0.3, 0.4) is 0 Å². The van der Waals surface area contributed by atoms with Gasteiger partial charge >= 0.3 is 5.97 Å². The molecule has 1 aliphatic heterocycles. The largest absolute Gasteiger partial charge is 0.448 e. The minimum Gasteiger partial charge on any atom is -0.448 e. The molecule has 2 aromatic carbocycles. The number of amides is 2. The smallest absolute Gasteiger partial charge is 0.339 e. The lowest BCUT2D eigenvalue weighted by Gasteiger charge is -2.25. The summed E-state index contributed by atoms with van der Waals surface area (Å²) in [7, 11) is 0. The number of benzene rings is 2. The third-order valence-electron chi connectivity index (χ3n) is 3.89. The highest BCUT2D eigenvalue weighted by Gasteiger charge is 2.33. The molecule has 2 atom stereocenters. The average molecular weight is 324 g/mol. The molecule has 0 radical (unpaired) electrons. The third kappa shape index (κ3) is 3.12. The van der Waals surface area contributed by atoms with Gasteiger partial charge in [-0.15, -0.1) is 0 Å². The first-order chi connectivity index (χ1) is 11.6. The van der Waals surface area contributed by atoms with E-state index in [1.165, 1.54) is 0 Å². The fourth-order valence-corrected chi connectivity index (χ4v) is 2.68. The Kier molecular flexibility index (Phi) is 4.29. The van der Waals surface area contributed by atoms with E-state index < -0.39 is 29.9 Å². The van der Waals surface area contributed by atoms with Crippen LogP contribution in [0.15, 0.2) is 54.6 Å². The summed E-state index contributed by atoms with van der Waals surface area (Å²) in [5.74, 6) is -1.78. The van der Waals surface area contributed by atoms with Gasteiger partial charge < -0.3 is 15.8 Å². The maximum Gasteiger partial charge on any atom is 0.339 e. The van der Waals surface area contributed by atoms with Crippen LogP contribution in [-0.4, -0.2) is 23.9 Å². The minimum absolute atomic E-state index is 0.258. The molecule has 1 heterocycles. The van der Waals surface area contributed by atoms with Gasteiger partial charge in [0.15, 0.2) is 6.10 Å². The van der Waals surface area contributed by atoms with Gasteiger partial charge in [0, 0.05) is 6.42 Å². The Morgan fingerprint density at radius 1 is 1.08 bits per heavy atom. The molecule has 1 aliphatic rings. The lowest BCUT2D eigenvalue weighted by Crippen LogP contribution is -2.46. The van der Waals surface area contributed by atoms with Gasteiger partial charge in [-0.3, -0.25) is 9.59 Å². The molecule has 3 rings (SSSR count). The van der Waals surface area contributed by atoms with Gasteiger partial charge in [-0.1, -0.05) is 48.5 Å². The van der Waals surface area contributed by atoms with Crippen LogP contribution in [-0.2, 0) is 20.7 Å². The second-order valence-corrected chi connectivity index (χ2v) is 5.51. The van der Waals surface area contributed by atoms with Gasteiger partial charge in [-0.2, -0.15) is 0 Å². The third-order valence-corrected chi connectivity index (χ3v) is 3.89. The van der Waals surface area contributed by atoms with Crippen molar-refractivity contribution in [3.8, 4) is 0 Å². The van der Waals surface area contributed by atoms with E-state index in [0.29, 0.717) is 11.1 Å². The Bertz CT molecular complexity index is 789. The quantitative estimate of drug-likeness (QED) is 0.823. The van der Waals surface area contributed by atoms with E-state index in [1.54, 1.807) is 54.6 Å². The highest BCUT2D eigenvalue weighted by molar-refractivity contribution is 5.96.